The van der Waals surface area contributed by atoms with E-state index in [1.54, 1.807) is 0 Å². The largest absolute Gasteiger partial charge is 0.416 e. The fourth-order valence-electron chi connectivity index (χ4n) is 1.38. The Hall–Kier alpha value is -2.64. The second kappa shape index (κ2) is 5.55. The summed E-state index contributed by atoms with van der Waals surface area (Å²) in [6, 6.07) is 3.49. The summed E-state index contributed by atoms with van der Waals surface area (Å²) in [7, 11) is 0. The van der Waals surface area contributed by atoms with Crippen LogP contribution in [0.5, 0.6) is 0 Å². The predicted octanol–water partition coefficient (Wildman–Crippen LogP) is 3.14. The van der Waals surface area contributed by atoms with Gasteiger partial charge in [0.15, 0.2) is 5.82 Å². The molecule has 0 spiro atoms. The Morgan fingerprint density at radius 3 is 2.30 bits per heavy atom. The summed E-state index contributed by atoms with van der Waals surface area (Å²) < 4.78 is 37.1. The number of rotatable bonds is 2. The van der Waals surface area contributed by atoms with Gasteiger partial charge in [0.25, 0.3) is 0 Å². The molecule has 0 unspecified atom stereocenters. The zero-order valence-corrected chi connectivity index (χ0v) is 9.98. The second-order valence-corrected chi connectivity index (χ2v) is 3.74. The number of nitrogens with one attached hydrogen (secondary N) is 2. The molecule has 0 aliphatic heterocycles. The van der Waals surface area contributed by atoms with Crippen LogP contribution < -0.4 is 10.6 Å². The molecule has 0 radical (unpaired) electrons. The van der Waals surface area contributed by atoms with Gasteiger partial charge in [0.05, 0.1) is 11.8 Å². The number of halogens is 3. The molecule has 104 valence electrons. The molecule has 8 heteroatoms. The Morgan fingerprint density at radius 1 is 1.05 bits per heavy atom. The van der Waals surface area contributed by atoms with Gasteiger partial charge in [-0.3, -0.25) is 10.3 Å². The highest BCUT2D eigenvalue weighted by Gasteiger charge is 2.29. The van der Waals surface area contributed by atoms with Crippen molar-refractivity contribution in [3.63, 3.8) is 0 Å². The third-order valence-corrected chi connectivity index (χ3v) is 2.27. The molecule has 0 saturated heterocycles. The molecule has 0 fully saturated rings. The lowest BCUT2D eigenvalue weighted by Gasteiger charge is -2.09. The van der Waals surface area contributed by atoms with E-state index in [9.17, 15) is 18.0 Å². The van der Waals surface area contributed by atoms with E-state index >= 15 is 0 Å². The molecule has 1 aromatic carbocycles. The molecule has 2 N–H and O–H groups in total. The van der Waals surface area contributed by atoms with Crippen LogP contribution in [0.1, 0.15) is 5.56 Å². The number of nitrogens with zero attached hydrogens (tertiary/aromatic N) is 2. The van der Waals surface area contributed by atoms with Crippen molar-refractivity contribution >= 4 is 17.5 Å². The maximum Gasteiger partial charge on any atom is 0.416 e. The highest BCUT2D eigenvalue weighted by molar-refractivity contribution is 5.99. The molecule has 2 aromatic rings. The zero-order chi connectivity index (χ0) is 14.6. The van der Waals surface area contributed by atoms with Crippen molar-refractivity contribution in [2.24, 2.45) is 0 Å². The molecule has 0 saturated carbocycles. The van der Waals surface area contributed by atoms with Gasteiger partial charge in [-0.15, -0.1) is 0 Å². The fraction of sp³-hybridized carbons (Fsp3) is 0.0833. The summed E-state index contributed by atoms with van der Waals surface area (Å²) in [5.41, 5.74) is -0.545. The topological polar surface area (TPSA) is 66.9 Å². The van der Waals surface area contributed by atoms with Gasteiger partial charge >= 0.3 is 12.2 Å². The normalized spacial score (nSPS) is 10.9. The van der Waals surface area contributed by atoms with Crippen LogP contribution in [0.4, 0.5) is 29.5 Å². The second-order valence-electron chi connectivity index (χ2n) is 3.74. The number of urea groups is 1. The van der Waals surface area contributed by atoms with Gasteiger partial charge < -0.3 is 5.32 Å². The average molecular weight is 282 g/mol. The molecule has 5 nitrogen and oxygen atoms in total. The van der Waals surface area contributed by atoms with E-state index in [2.05, 4.69) is 20.6 Å². The Morgan fingerprint density at radius 2 is 1.75 bits per heavy atom. The molecule has 20 heavy (non-hydrogen) atoms. The quantitative estimate of drug-likeness (QED) is 0.889. The van der Waals surface area contributed by atoms with Crippen molar-refractivity contribution in [1.82, 2.24) is 9.97 Å². The molecule has 1 heterocycles. The Balaban J connectivity index is 1.98. The molecule has 0 atom stereocenters. The molecule has 2 amide bonds. The van der Waals surface area contributed by atoms with Gasteiger partial charge in [-0.25, -0.2) is 9.78 Å². The smallest absolute Gasteiger partial charge is 0.308 e. The lowest BCUT2D eigenvalue weighted by atomic mass is 10.2. The Labute approximate surface area is 111 Å². The Kier molecular flexibility index (Phi) is 3.83. The standard InChI is InChI=1S/C12H9F3N4O/c13-12(14,15)8-1-3-9(4-2-8)18-11(20)19-10-7-16-5-6-17-10/h1-7H,(H2,17,18,19,20). The van der Waals surface area contributed by atoms with E-state index in [0.717, 1.165) is 12.1 Å². The lowest BCUT2D eigenvalue weighted by molar-refractivity contribution is -0.137. The number of amides is 2. The SMILES string of the molecule is O=C(Nc1ccc(C(F)(F)F)cc1)Nc1cnccn1. The van der Waals surface area contributed by atoms with Crippen LogP contribution in [0.15, 0.2) is 42.9 Å². The highest BCUT2D eigenvalue weighted by atomic mass is 19.4. The predicted molar refractivity (Wildman–Crippen MR) is 66.1 cm³/mol. The molecule has 2 rings (SSSR count). The minimum atomic E-state index is -4.40. The monoisotopic (exact) mass is 282 g/mol. The van der Waals surface area contributed by atoms with Crippen molar-refractivity contribution in [3.8, 4) is 0 Å². The van der Waals surface area contributed by atoms with E-state index in [0.29, 0.717) is 0 Å². The van der Waals surface area contributed by atoms with Gasteiger partial charge in [0, 0.05) is 18.1 Å². The van der Waals surface area contributed by atoms with Crippen molar-refractivity contribution in [2.45, 2.75) is 6.18 Å². The number of hydrogen-bond donors (Lipinski definition) is 2. The molecule has 0 aliphatic rings. The minimum Gasteiger partial charge on any atom is -0.308 e. The van der Waals surface area contributed by atoms with Gasteiger partial charge in [-0.05, 0) is 24.3 Å². The number of carbonyl (C=O) groups is 1. The number of carbonyl (C=O) groups excluding carboxylic acids is 1. The number of alkyl halides is 3. The van der Waals surface area contributed by atoms with Gasteiger partial charge in [0.2, 0.25) is 0 Å². The van der Waals surface area contributed by atoms with E-state index in [1.165, 1.54) is 30.7 Å². The third-order valence-electron chi connectivity index (χ3n) is 2.27. The minimum absolute atomic E-state index is 0.233. The van der Waals surface area contributed by atoms with Crippen LogP contribution >= 0.6 is 0 Å². The van der Waals surface area contributed by atoms with E-state index in [-0.39, 0.29) is 11.5 Å². The summed E-state index contributed by atoms with van der Waals surface area (Å²) in [4.78, 5) is 19.1. The third kappa shape index (κ3) is 3.67. The van der Waals surface area contributed by atoms with Crippen molar-refractivity contribution in [3.05, 3.63) is 48.4 Å². The zero-order valence-electron chi connectivity index (χ0n) is 9.98. The first-order valence-corrected chi connectivity index (χ1v) is 5.46. The number of benzene rings is 1. The van der Waals surface area contributed by atoms with Crippen LogP contribution in [-0.4, -0.2) is 16.0 Å². The number of hydrogen-bond acceptors (Lipinski definition) is 3. The van der Waals surface area contributed by atoms with Gasteiger partial charge in [0.1, 0.15) is 0 Å². The summed E-state index contributed by atoms with van der Waals surface area (Å²) in [5, 5.41) is 4.77. The maximum absolute atomic E-state index is 12.4. The lowest BCUT2D eigenvalue weighted by Crippen LogP contribution is -2.20. The first-order chi connectivity index (χ1) is 9.45. The summed E-state index contributed by atoms with van der Waals surface area (Å²) in [5.74, 6) is 0.233. The Bertz CT molecular complexity index is 584. The highest BCUT2D eigenvalue weighted by Crippen LogP contribution is 2.29. The van der Waals surface area contributed by atoms with Crippen molar-refractivity contribution in [2.75, 3.05) is 10.6 Å². The van der Waals surface area contributed by atoms with E-state index in [1.807, 2.05) is 0 Å². The first kappa shape index (κ1) is 13.8. The maximum atomic E-state index is 12.4. The fourth-order valence-corrected chi connectivity index (χ4v) is 1.38. The average Bonchev–Trinajstić information content (AvgIpc) is 2.39. The van der Waals surface area contributed by atoms with Crippen molar-refractivity contribution in [1.29, 1.82) is 0 Å². The molecule has 0 aliphatic carbocycles. The van der Waals surface area contributed by atoms with Gasteiger partial charge in [-0.1, -0.05) is 0 Å². The summed E-state index contributed by atoms with van der Waals surface area (Å²) >= 11 is 0. The van der Waals surface area contributed by atoms with Crippen LogP contribution in [0.25, 0.3) is 0 Å². The van der Waals surface area contributed by atoms with Crippen LogP contribution in [-0.2, 0) is 6.18 Å². The van der Waals surface area contributed by atoms with Crippen LogP contribution in [0.3, 0.4) is 0 Å². The molecular weight excluding hydrogens is 273 g/mol. The van der Waals surface area contributed by atoms with E-state index in [4.69, 9.17) is 0 Å². The van der Waals surface area contributed by atoms with Crippen LogP contribution in [0, 0.1) is 0 Å². The van der Waals surface area contributed by atoms with Crippen LogP contribution in [0.2, 0.25) is 0 Å². The van der Waals surface area contributed by atoms with E-state index < -0.39 is 17.8 Å². The number of aromatic nitrogens is 2. The van der Waals surface area contributed by atoms with Gasteiger partial charge in [-0.2, -0.15) is 13.2 Å². The first-order valence-electron chi connectivity index (χ1n) is 5.46. The summed E-state index contributed by atoms with van der Waals surface area (Å²) in [6.45, 7) is 0. The summed E-state index contributed by atoms with van der Waals surface area (Å²) in [6.07, 6.45) is -0.223. The molecular formula is C12H9F3N4O. The molecule has 1 aromatic heterocycles. The van der Waals surface area contributed by atoms with Crippen molar-refractivity contribution < 1.29 is 18.0 Å². The number of anilines is 2. The molecule has 0 bridgehead atoms.